The van der Waals surface area contributed by atoms with Crippen molar-refractivity contribution in [3.63, 3.8) is 0 Å². The Bertz CT molecular complexity index is 1360. The summed E-state index contributed by atoms with van der Waals surface area (Å²) in [5, 5.41) is 10.0. The number of pyridine rings is 1. The summed E-state index contributed by atoms with van der Waals surface area (Å²) in [5.41, 5.74) is 8.12. The van der Waals surface area contributed by atoms with Gasteiger partial charge in [-0.3, -0.25) is 5.32 Å². The molecule has 0 saturated heterocycles. The summed E-state index contributed by atoms with van der Waals surface area (Å²) < 4.78 is 22.0. The van der Waals surface area contributed by atoms with Gasteiger partial charge in [0.25, 0.3) is 0 Å². The van der Waals surface area contributed by atoms with E-state index in [-0.39, 0.29) is 22.7 Å². The van der Waals surface area contributed by atoms with Crippen molar-refractivity contribution in [3.8, 4) is 17.2 Å². The van der Waals surface area contributed by atoms with E-state index in [1.165, 1.54) is 24.4 Å². The number of nitrogens with zero attached hydrogens (tertiary/aromatic N) is 3. The van der Waals surface area contributed by atoms with Crippen molar-refractivity contribution in [1.82, 2.24) is 14.8 Å². The van der Waals surface area contributed by atoms with Gasteiger partial charge in [0.15, 0.2) is 0 Å². The minimum Gasteiger partial charge on any atom is -0.457 e. The Morgan fingerprint density at radius 1 is 1.00 bits per heavy atom. The number of amides is 2. The lowest BCUT2D eigenvalue weighted by atomic mass is 9.92. The average molecular weight is 475 g/mol. The summed E-state index contributed by atoms with van der Waals surface area (Å²) in [4.78, 5) is 16.6. The van der Waals surface area contributed by atoms with Gasteiger partial charge in [-0.15, -0.1) is 0 Å². The quantitative estimate of drug-likeness (QED) is 0.327. The molecule has 0 radical (unpaired) electrons. The number of benzene rings is 2. The number of aryl methyl sites for hydroxylation is 1. The maximum atomic E-state index is 14.7. The molecule has 0 atom stereocenters. The third-order valence-corrected chi connectivity index (χ3v) is 5.17. The first-order chi connectivity index (χ1) is 16.6. The van der Waals surface area contributed by atoms with Crippen molar-refractivity contribution in [1.29, 1.82) is 0 Å². The second-order valence-corrected chi connectivity index (χ2v) is 9.15. The largest absolute Gasteiger partial charge is 0.457 e. The van der Waals surface area contributed by atoms with Gasteiger partial charge in [-0.2, -0.15) is 5.10 Å². The second-order valence-electron chi connectivity index (χ2n) is 9.15. The molecular weight excluding hydrogens is 447 g/mol. The van der Waals surface area contributed by atoms with E-state index in [1.807, 2.05) is 58.0 Å². The monoisotopic (exact) mass is 474 g/mol. The standard InChI is InChI=1S/C26H27FN6O2/c1-16-5-7-17(8-6-16)33-24(15-22(32-33)26(2,3)4)31-25(34)30-21-10-9-18(13-20(21)27)35-19-11-12-29-23(28)14-19/h5-15H,1-4H3,(H2,28,29)(H2,30,31,34). The van der Waals surface area contributed by atoms with E-state index in [9.17, 15) is 9.18 Å². The maximum absolute atomic E-state index is 14.7. The minimum absolute atomic E-state index is 0.00142. The smallest absolute Gasteiger partial charge is 0.324 e. The number of hydrogen-bond donors (Lipinski definition) is 3. The van der Waals surface area contributed by atoms with Crippen molar-refractivity contribution in [2.45, 2.75) is 33.1 Å². The normalized spacial score (nSPS) is 11.2. The highest BCUT2D eigenvalue weighted by Crippen LogP contribution is 2.28. The molecule has 0 fully saturated rings. The molecule has 2 heterocycles. The number of ether oxygens (including phenoxy) is 1. The maximum Gasteiger partial charge on any atom is 0.324 e. The van der Waals surface area contributed by atoms with Crippen LogP contribution >= 0.6 is 0 Å². The number of rotatable bonds is 5. The van der Waals surface area contributed by atoms with Crippen molar-refractivity contribution >= 4 is 23.4 Å². The number of aromatic nitrogens is 3. The predicted octanol–water partition coefficient (Wildman–Crippen LogP) is 6.03. The summed E-state index contributed by atoms with van der Waals surface area (Å²) >= 11 is 0. The van der Waals surface area contributed by atoms with Crippen LogP contribution < -0.4 is 21.1 Å². The van der Waals surface area contributed by atoms with Crippen molar-refractivity contribution < 1.29 is 13.9 Å². The predicted molar refractivity (Wildman–Crippen MR) is 135 cm³/mol. The molecule has 180 valence electrons. The number of carbonyl (C=O) groups excluding carboxylic acids is 1. The van der Waals surface area contributed by atoms with Crippen LogP contribution in [0.15, 0.2) is 66.9 Å². The molecule has 0 aliphatic carbocycles. The molecule has 0 saturated carbocycles. The molecule has 8 nitrogen and oxygen atoms in total. The lowest BCUT2D eigenvalue weighted by molar-refractivity contribution is 0.262. The average Bonchev–Trinajstić information content (AvgIpc) is 3.20. The van der Waals surface area contributed by atoms with Crippen LogP contribution in [0, 0.1) is 12.7 Å². The zero-order chi connectivity index (χ0) is 25.2. The lowest BCUT2D eigenvalue weighted by Gasteiger charge is -2.14. The molecule has 4 N–H and O–H groups in total. The number of halogens is 1. The van der Waals surface area contributed by atoms with Gasteiger partial charge in [0.1, 0.15) is 29.0 Å². The van der Waals surface area contributed by atoms with E-state index in [2.05, 4.69) is 20.7 Å². The molecule has 4 rings (SSSR count). The topological polar surface area (TPSA) is 107 Å². The highest BCUT2D eigenvalue weighted by molar-refractivity contribution is 5.99. The number of nitrogens with one attached hydrogen (secondary N) is 2. The molecule has 2 aromatic heterocycles. The molecule has 0 spiro atoms. The van der Waals surface area contributed by atoms with Gasteiger partial charge in [0, 0.05) is 29.8 Å². The molecule has 0 aliphatic rings. The van der Waals surface area contributed by atoms with Gasteiger partial charge in [-0.25, -0.2) is 18.9 Å². The number of anilines is 3. The van der Waals surface area contributed by atoms with Crippen LogP contribution in [0.2, 0.25) is 0 Å². The Morgan fingerprint density at radius 2 is 1.71 bits per heavy atom. The Labute approximate surface area is 202 Å². The zero-order valence-corrected chi connectivity index (χ0v) is 20.0. The molecule has 9 heteroatoms. The lowest BCUT2D eigenvalue weighted by Crippen LogP contribution is -2.22. The Morgan fingerprint density at radius 3 is 2.37 bits per heavy atom. The fourth-order valence-electron chi connectivity index (χ4n) is 3.28. The van der Waals surface area contributed by atoms with Crippen molar-refractivity contribution in [2.75, 3.05) is 16.4 Å². The van der Waals surface area contributed by atoms with E-state index >= 15 is 0 Å². The molecule has 0 unspecified atom stereocenters. The van der Waals surface area contributed by atoms with Crippen molar-refractivity contribution in [3.05, 3.63) is 83.9 Å². The van der Waals surface area contributed by atoms with Gasteiger partial charge < -0.3 is 15.8 Å². The summed E-state index contributed by atoms with van der Waals surface area (Å²) in [6, 6.07) is 16.3. The van der Waals surface area contributed by atoms with Gasteiger partial charge >= 0.3 is 6.03 Å². The van der Waals surface area contributed by atoms with Gasteiger partial charge in [-0.1, -0.05) is 38.5 Å². The first-order valence-corrected chi connectivity index (χ1v) is 11.0. The summed E-state index contributed by atoms with van der Waals surface area (Å²) in [7, 11) is 0. The minimum atomic E-state index is -0.651. The number of carbonyl (C=O) groups is 1. The summed E-state index contributed by atoms with van der Waals surface area (Å²) in [5.74, 6) is 0.784. The Balaban J connectivity index is 1.52. The van der Waals surface area contributed by atoms with E-state index in [1.54, 1.807) is 16.8 Å². The number of urea groups is 1. The molecule has 2 aromatic carbocycles. The number of nitrogens with two attached hydrogens (primary N) is 1. The molecular formula is C26H27FN6O2. The molecule has 0 bridgehead atoms. The fourth-order valence-corrected chi connectivity index (χ4v) is 3.28. The molecule has 35 heavy (non-hydrogen) atoms. The van der Waals surface area contributed by atoms with Gasteiger partial charge in [0.2, 0.25) is 0 Å². The molecule has 0 aliphatic heterocycles. The number of hydrogen-bond acceptors (Lipinski definition) is 5. The Hall–Kier alpha value is -4.40. The highest BCUT2D eigenvalue weighted by atomic mass is 19.1. The number of nitrogen functional groups attached to an aromatic ring is 1. The van der Waals surface area contributed by atoms with Crippen LogP contribution in [0.5, 0.6) is 11.5 Å². The van der Waals surface area contributed by atoms with E-state index < -0.39 is 11.8 Å². The third kappa shape index (κ3) is 5.75. The van der Waals surface area contributed by atoms with Crippen LogP contribution in [0.4, 0.5) is 26.5 Å². The second kappa shape index (κ2) is 9.46. The van der Waals surface area contributed by atoms with Crippen LogP contribution in [0.1, 0.15) is 32.0 Å². The first-order valence-electron chi connectivity index (χ1n) is 11.0. The SMILES string of the molecule is Cc1ccc(-n2nc(C(C)(C)C)cc2NC(=O)Nc2ccc(Oc3ccnc(N)c3)cc2F)cc1. The highest BCUT2D eigenvalue weighted by Gasteiger charge is 2.22. The van der Waals surface area contributed by atoms with Gasteiger partial charge in [-0.05, 0) is 37.3 Å². The van der Waals surface area contributed by atoms with Gasteiger partial charge in [0.05, 0.1) is 17.1 Å². The van der Waals surface area contributed by atoms with E-state index in [4.69, 9.17) is 10.5 Å². The van der Waals surface area contributed by atoms with Crippen LogP contribution in [-0.4, -0.2) is 20.8 Å². The summed E-state index contributed by atoms with van der Waals surface area (Å²) in [6.07, 6.45) is 1.49. The molecule has 4 aromatic rings. The third-order valence-electron chi connectivity index (χ3n) is 5.17. The van der Waals surface area contributed by atoms with Crippen LogP contribution in [-0.2, 0) is 5.41 Å². The van der Waals surface area contributed by atoms with E-state index in [0.29, 0.717) is 11.6 Å². The van der Waals surface area contributed by atoms with E-state index in [0.717, 1.165) is 16.9 Å². The fraction of sp³-hybridized carbons (Fsp3) is 0.192. The Kier molecular flexibility index (Phi) is 6.42. The van der Waals surface area contributed by atoms with Crippen molar-refractivity contribution in [2.24, 2.45) is 0 Å². The molecule has 2 amide bonds. The van der Waals surface area contributed by atoms with Crippen LogP contribution in [0.3, 0.4) is 0 Å². The first kappa shape index (κ1) is 23.7. The van der Waals surface area contributed by atoms with Crippen LogP contribution in [0.25, 0.3) is 5.69 Å². The summed E-state index contributed by atoms with van der Waals surface area (Å²) in [6.45, 7) is 8.12. The zero-order valence-electron chi connectivity index (χ0n) is 20.0.